The van der Waals surface area contributed by atoms with Crippen molar-refractivity contribution in [2.24, 2.45) is 0 Å². The summed E-state index contributed by atoms with van der Waals surface area (Å²) in [6.07, 6.45) is 83.4. The predicted octanol–water partition coefficient (Wildman–Crippen LogP) is 20.5. The van der Waals surface area contributed by atoms with Gasteiger partial charge in [-0.05, 0) is 57.8 Å². The average molecular weight is 1200 g/mol. The summed E-state index contributed by atoms with van der Waals surface area (Å²) in [7, 11) is 0. The van der Waals surface area contributed by atoms with Crippen molar-refractivity contribution in [3.05, 3.63) is 60.8 Å². The lowest BCUT2D eigenvalue weighted by Crippen LogP contribution is -2.60. The van der Waals surface area contributed by atoms with E-state index in [-0.39, 0.29) is 12.5 Å². The highest BCUT2D eigenvalue weighted by Gasteiger charge is 2.44. The highest BCUT2D eigenvalue weighted by molar-refractivity contribution is 5.76. The van der Waals surface area contributed by atoms with E-state index in [0.717, 1.165) is 64.2 Å². The first-order valence-corrected chi connectivity index (χ1v) is 37.0. The van der Waals surface area contributed by atoms with Gasteiger partial charge in [-0.2, -0.15) is 0 Å². The quantitative estimate of drug-likeness (QED) is 0.0261. The molecule has 1 rings (SSSR count). The summed E-state index contributed by atoms with van der Waals surface area (Å²) in [5, 5.41) is 54.8. The lowest BCUT2D eigenvalue weighted by atomic mass is 9.99. The van der Waals surface area contributed by atoms with Crippen LogP contribution in [0.5, 0.6) is 0 Å². The van der Waals surface area contributed by atoms with E-state index in [4.69, 9.17) is 9.47 Å². The number of ether oxygens (including phenoxy) is 2. The number of hydrogen-bond acceptors (Lipinski definition) is 8. The Labute approximate surface area is 526 Å². The number of allylic oxidation sites excluding steroid dienone is 9. The SMILES string of the molecule is CC/C=C\C/C=C\C/C=C\C/C=C\CCCCCCCCCCCCCCCCCCCCCCCCC(=O)NC(COC1OC(CO)C(O)C(O)C1O)C(O)/C=C/CCCCCCCCCCCCCCCCCCCCCCCCCCC. The van der Waals surface area contributed by atoms with Crippen molar-refractivity contribution >= 4 is 5.91 Å². The van der Waals surface area contributed by atoms with E-state index in [1.165, 1.54) is 276 Å². The van der Waals surface area contributed by atoms with E-state index in [1.807, 2.05) is 6.08 Å². The minimum absolute atomic E-state index is 0.170. The molecule has 6 N–H and O–H groups in total. The molecule has 9 heteroatoms. The number of aliphatic hydroxyl groups is 5. The van der Waals surface area contributed by atoms with Crippen molar-refractivity contribution in [2.75, 3.05) is 13.2 Å². The molecule has 85 heavy (non-hydrogen) atoms. The second-order valence-electron chi connectivity index (χ2n) is 25.7. The minimum Gasteiger partial charge on any atom is -0.394 e. The second-order valence-corrected chi connectivity index (χ2v) is 25.7. The van der Waals surface area contributed by atoms with E-state index in [9.17, 15) is 30.3 Å². The van der Waals surface area contributed by atoms with Crippen molar-refractivity contribution in [3.63, 3.8) is 0 Å². The van der Waals surface area contributed by atoms with Crippen molar-refractivity contribution in [1.29, 1.82) is 0 Å². The average Bonchev–Trinajstić information content (AvgIpc) is 3.71. The minimum atomic E-state index is -1.57. The van der Waals surface area contributed by atoms with Gasteiger partial charge in [-0.15, -0.1) is 0 Å². The number of aliphatic hydroxyl groups excluding tert-OH is 5. The van der Waals surface area contributed by atoms with E-state index in [0.29, 0.717) is 6.42 Å². The van der Waals surface area contributed by atoms with Crippen molar-refractivity contribution in [1.82, 2.24) is 5.32 Å². The maximum Gasteiger partial charge on any atom is 0.220 e. The largest absolute Gasteiger partial charge is 0.394 e. The van der Waals surface area contributed by atoms with Gasteiger partial charge < -0.3 is 40.3 Å². The van der Waals surface area contributed by atoms with Crippen LogP contribution < -0.4 is 5.32 Å². The van der Waals surface area contributed by atoms with Crippen LogP contribution in [0.4, 0.5) is 0 Å². The van der Waals surface area contributed by atoms with E-state index in [1.54, 1.807) is 6.08 Å². The van der Waals surface area contributed by atoms with Gasteiger partial charge in [0, 0.05) is 6.42 Å². The van der Waals surface area contributed by atoms with Gasteiger partial charge in [0.05, 0.1) is 25.4 Å². The van der Waals surface area contributed by atoms with Crippen LogP contribution in [0.1, 0.15) is 361 Å². The van der Waals surface area contributed by atoms with Crippen molar-refractivity contribution in [2.45, 2.75) is 403 Å². The Morgan fingerprint density at radius 1 is 0.412 bits per heavy atom. The van der Waals surface area contributed by atoms with Crippen LogP contribution in [-0.2, 0) is 14.3 Å². The van der Waals surface area contributed by atoms with Crippen LogP contribution in [0.3, 0.4) is 0 Å². The third kappa shape index (κ3) is 53.4. The fourth-order valence-corrected chi connectivity index (χ4v) is 11.9. The van der Waals surface area contributed by atoms with Crippen LogP contribution in [0.2, 0.25) is 0 Å². The zero-order valence-corrected chi connectivity index (χ0v) is 55.9. The van der Waals surface area contributed by atoms with E-state index in [2.05, 4.69) is 67.8 Å². The second kappa shape index (κ2) is 64.9. The van der Waals surface area contributed by atoms with Gasteiger partial charge in [-0.3, -0.25) is 4.79 Å². The Balaban J connectivity index is 2.09. The van der Waals surface area contributed by atoms with Gasteiger partial charge >= 0.3 is 0 Å². The topological polar surface area (TPSA) is 149 Å². The Hall–Kier alpha value is -2.11. The Morgan fingerprint density at radius 3 is 1.08 bits per heavy atom. The summed E-state index contributed by atoms with van der Waals surface area (Å²) in [4.78, 5) is 13.2. The fourth-order valence-electron chi connectivity index (χ4n) is 11.9. The molecule has 0 aromatic carbocycles. The van der Waals surface area contributed by atoms with Crippen molar-refractivity contribution < 1.29 is 39.8 Å². The van der Waals surface area contributed by atoms with Gasteiger partial charge in [0.15, 0.2) is 6.29 Å². The molecule has 1 saturated heterocycles. The number of hydrogen-bond donors (Lipinski definition) is 6. The molecule has 0 aliphatic carbocycles. The Bertz CT molecular complexity index is 1530. The molecule has 0 bridgehead atoms. The predicted molar refractivity (Wildman–Crippen MR) is 364 cm³/mol. The summed E-state index contributed by atoms with van der Waals surface area (Å²) < 4.78 is 11.3. The molecular weight excluding hydrogens is 1050 g/mol. The molecule has 0 aromatic rings. The molecule has 1 aliphatic heterocycles. The lowest BCUT2D eigenvalue weighted by Gasteiger charge is -2.40. The number of rotatable bonds is 65. The molecule has 1 heterocycles. The maximum atomic E-state index is 13.2. The molecular formula is C76H141NO8. The number of nitrogens with one attached hydrogen (secondary N) is 1. The third-order valence-corrected chi connectivity index (χ3v) is 17.6. The van der Waals surface area contributed by atoms with Crippen LogP contribution in [0.15, 0.2) is 60.8 Å². The highest BCUT2D eigenvalue weighted by Crippen LogP contribution is 2.24. The van der Waals surface area contributed by atoms with Gasteiger partial charge in [0.25, 0.3) is 0 Å². The smallest absolute Gasteiger partial charge is 0.220 e. The highest BCUT2D eigenvalue weighted by atomic mass is 16.7. The van der Waals surface area contributed by atoms with Crippen LogP contribution in [0.25, 0.3) is 0 Å². The first-order valence-electron chi connectivity index (χ1n) is 37.0. The first kappa shape index (κ1) is 80.9. The molecule has 0 spiro atoms. The van der Waals surface area contributed by atoms with Gasteiger partial charge in [-0.25, -0.2) is 0 Å². The standard InChI is InChI=1S/C76H141NO8/c1-3-5-7-9-11-13-15-17-19-21-23-25-27-29-31-32-33-34-35-36-37-38-40-42-44-46-48-50-52-54-56-58-60-62-64-66-72(80)77-69(68-84-76-75(83)74(82)73(81)71(67-78)85-76)70(79)65-63-61-59-57-55-53-51-49-47-45-43-41-39-30-28-26-24-22-20-18-16-14-12-10-8-6-4-2/h5,7,11,13,17,19,23,25,63,65,69-71,73-76,78-79,81-83H,3-4,6,8-10,12,14-16,18,20-22,24,26-62,64,66-68H2,1-2H3,(H,77,80)/b7-5-,13-11-,19-17-,25-23-,65-63+. The number of carbonyl (C=O) groups is 1. The molecule has 1 aliphatic rings. The van der Waals surface area contributed by atoms with E-state index >= 15 is 0 Å². The van der Waals surface area contributed by atoms with Crippen LogP contribution >= 0.6 is 0 Å². The van der Waals surface area contributed by atoms with Crippen LogP contribution in [-0.4, -0.2) is 87.5 Å². The summed E-state index contributed by atoms with van der Waals surface area (Å²) in [5.41, 5.74) is 0. The van der Waals surface area contributed by atoms with Gasteiger partial charge in [0.2, 0.25) is 5.91 Å². The van der Waals surface area contributed by atoms with Gasteiger partial charge in [-0.1, -0.05) is 357 Å². The zero-order chi connectivity index (χ0) is 61.4. The molecule has 7 atom stereocenters. The fraction of sp³-hybridized carbons (Fsp3) is 0.855. The zero-order valence-electron chi connectivity index (χ0n) is 55.9. The molecule has 7 unspecified atom stereocenters. The number of carbonyl (C=O) groups excluding carboxylic acids is 1. The molecule has 9 nitrogen and oxygen atoms in total. The molecule has 0 radical (unpaired) electrons. The first-order chi connectivity index (χ1) is 41.8. The van der Waals surface area contributed by atoms with Gasteiger partial charge in [0.1, 0.15) is 24.4 Å². The summed E-state index contributed by atoms with van der Waals surface area (Å²) >= 11 is 0. The normalized spacial score (nSPS) is 18.4. The Kier molecular flexibility index (Phi) is 61.7. The molecule has 498 valence electrons. The monoisotopic (exact) mass is 1200 g/mol. The maximum absolute atomic E-state index is 13.2. The van der Waals surface area contributed by atoms with Crippen LogP contribution in [0, 0.1) is 0 Å². The third-order valence-electron chi connectivity index (χ3n) is 17.6. The summed E-state index contributed by atoms with van der Waals surface area (Å²) in [5.74, 6) is -0.170. The molecule has 1 fully saturated rings. The molecule has 1 amide bonds. The Morgan fingerprint density at radius 2 is 0.729 bits per heavy atom. The summed E-state index contributed by atoms with van der Waals surface area (Å²) in [6.45, 7) is 3.72. The number of amides is 1. The summed E-state index contributed by atoms with van der Waals surface area (Å²) in [6, 6.07) is -0.806. The van der Waals surface area contributed by atoms with Crippen molar-refractivity contribution in [3.8, 4) is 0 Å². The van der Waals surface area contributed by atoms with E-state index < -0.39 is 49.5 Å². The number of unbranched alkanes of at least 4 members (excludes halogenated alkanes) is 47. The lowest BCUT2D eigenvalue weighted by molar-refractivity contribution is -0.302. The molecule has 0 saturated carbocycles. The molecule has 0 aromatic heterocycles.